The predicted octanol–water partition coefficient (Wildman–Crippen LogP) is 3.66. The Balaban J connectivity index is 2.08. The molecule has 0 radical (unpaired) electrons. The molecule has 1 fully saturated rings. The Kier molecular flexibility index (Phi) is 5.79. The minimum absolute atomic E-state index is 0.0130. The molecule has 1 aliphatic rings. The summed E-state index contributed by atoms with van der Waals surface area (Å²) in [6.45, 7) is 0. The molecule has 114 valence electrons. The lowest BCUT2D eigenvalue weighted by atomic mass is 9.88. The van der Waals surface area contributed by atoms with E-state index in [1.165, 1.54) is 6.42 Å². The van der Waals surface area contributed by atoms with Crippen LogP contribution in [0, 0.1) is 5.92 Å². The van der Waals surface area contributed by atoms with E-state index in [4.69, 9.17) is 5.11 Å². The Hall–Kier alpha value is -1.36. The highest BCUT2D eigenvalue weighted by molar-refractivity contribution is 9.10. The van der Waals surface area contributed by atoms with E-state index in [2.05, 4.69) is 21.2 Å². The SMILES string of the molecule is O=C(O)CC(NC(=O)C1CCCCC1)c1cccc(Br)c1. The molecule has 0 saturated heterocycles. The number of carboxylic acids is 1. The van der Waals surface area contributed by atoms with Crippen LogP contribution >= 0.6 is 15.9 Å². The first kappa shape index (κ1) is 16.0. The first-order valence-corrected chi connectivity index (χ1v) is 8.13. The van der Waals surface area contributed by atoms with E-state index in [0.29, 0.717) is 0 Å². The molecule has 1 aliphatic carbocycles. The average Bonchev–Trinajstić information content (AvgIpc) is 2.47. The zero-order valence-corrected chi connectivity index (χ0v) is 13.4. The number of aliphatic carboxylic acids is 1. The second-order valence-corrected chi connectivity index (χ2v) is 6.46. The third kappa shape index (κ3) is 4.84. The summed E-state index contributed by atoms with van der Waals surface area (Å²) in [5.41, 5.74) is 0.816. The molecule has 2 rings (SSSR count). The number of carbonyl (C=O) groups excluding carboxylic acids is 1. The number of carboxylic acid groups (broad SMARTS) is 1. The fourth-order valence-corrected chi connectivity index (χ4v) is 3.22. The molecule has 0 aliphatic heterocycles. The number of rotatable bonds is 5. The molecular formula is C16H20BrNO3. The van der Waals surface area contributed by atoms with Crippen molar-refractivity contribution in [2.75, 3.05) is 0 Å². The second-order valence-electron chi connectivity index (χ2n) is 5.55. The summed E-state index contributed by atoms with van der Waals surface area (Å²) in [5, 5.41) is 12.0. The normalized spacial score (nSPS) is 17.2. The van der Waals surface area contributed by atoms with Crippen molar-refractivity contribution in [1.29, 1.82) is 0 Å². The van der Waals surface area contributed by atoms with Crippen LogP contribution in [-0.4, -0.2) is 17.0 Å². The number of nitrogens with one attached hydrogen (secondary N) is 1. The van der Waals surface area contributed by atoms with E-state index in [9.17, 15) is 9.59 Å². The van der Waals surface area contributed by atoms with Crippen LogP contribution in [0.4, 0.5) is 0 Å². The summed E-state index contributed by atoms with van der Waals surface area (Å²) in [4.78, 5) is 23.4. The highest BCUT2D eigenvalue weighted by Gasteiger charge is 2.25. The Morgan fingerprint density at radius 3 is 2.62 bits per heavy atom. The Morgan fingerprint density at radius 2 is 2.00 bits per heavy atom. The number of hydrogen-bond acceptors (Lipinski definition) is 2. The van der Waals surface area contributed by atoms with Crippen LogP contribution in [-0.2, 0) is 9.59 Å². The Morgan fingerprint density at radius 1 is 1.29 bits per heavy atom. The molecule has 1 unspecified atom stereocenters. The Bertz CT molecular complexity index is 512. The van der Waals surface area contributed by atoms with E-state index in [-0.39, 0.29) is 18.2 Å². The van der Waals surface area contributed by atoms with Crippen molar-refractivity contribution >= 4 is 27.8 Å². The lowest BCUT2D eigenvalue weighted by Gasteiger charge is -2.24. The van der Waals surface area contributed by atoms with Crippen molar-refractivity contribution in [2.45, 2.75) is 44.6 Å². The maximum absolute atomic E-state index is 12.3. The smallest absolute Gasteiger partial charge is 0.305 e. The van der Waals surface area contributed by atoms with Crippen LogP contribution in [0.2, 0.25) is 0 Å². The van der Waals surface area contributed by atoms with Crippen molar-refractivity contribution in [1.82, 2.24) is 5.32 Å². The van der Waals surface area contributed by atoms with Gasteiger partial charge in [-0.2, -0.15) is 0 Å². The molecule has 21 heavy (non-hydrogen) atoms. The van der Waals surface area contributed by atoms with Crippen molar-refractivity contribution in [3.8, 4) is 0 Å². The van der Waals surface area contributed by atoms with Gasteiger partial charge in [-0.05, 0) is 30.5 Å². The largest absolute Gasteiger partial charge is 0.481 e. The van der Waals surface area contributed by atoms with E-state index < -0.39 is 12.0 Å². The summed E-state index contributed by atoms with van der Waals surface area (Å²) in [6.07, 6.45) is 5.06. The van der Waals surface area contributed by atoms with E-state index >= 15 is 0 Å². The van der Waals surface area contributed by atoms with Gasteiger partial charge in [0, 0.05) is 10.4 Å². The standard InChI is InChI=1S/C16H20BrNO3/c17-13-8-4-7-12(9-13)14(10-15(19)20)18-16(21)11-5-2-1-3-6-11/h4,7-9,11,14H,1-3,5-6,10H2,(H,18,21)(H,19,20). The minimum Gasteiger partial charge on any atom is -0.481 e. The molecule has 0 aromatic heterocycles. The fraction of sp³-hybridized carbons (Fsp3) is 0.500. The first-order valence-electron chi connectivity index (χ1n) is 7.34. The van der Waals surface area contributed by atoms with Crippen molar-refractivity contribution in [2.24, 2.45) is 5.92 Å². The second kappa shape index (κ2) is 7.59. The molecule has 0 heterocycles. The van der Waals surface area contributed by atoms with Gasteiger partial charge >= 0.3 is 5.97 Å². The molecule has 0 spiro atoms. The molecule has 1 saturated carbocycles. The number of carbonyl (C=O) groups is 2. The van der Waals surface area contributed by atoms with Crippen molar-refractivity contribution in [3.63, 3.8) is 0 Å². The van der Waals surface area contributed by atoms with Crippen molar-refractivity contribution < 1.29 is 14.7 Å². The third-order valence-electron chi connectivity index (χ3n) is 3.92. The van der Waals surface area contributed by atoms with Gasteiger partial charge in [-0.25, -0.2) is 0 Å². The Labute approximate surface area is 133 Å². The molecule has 1 atom stereocenters. The van der Waals surface area contributed by atoms with Crippen LogP contribution in [0.15, 0.2) is 28.7 Å². The maximum atomic E-state index is 12.3. The lowest BCUT2D eigenvalue weighted by Crippen LogP contribution is -2.35. The summed E-state index contributed by atoms with van der Waals surface area (Å²) < 4.78 is 0.877. The van der Waals surface area contributed by atoms with Crippen LogP contribution in [0.3, 0.4) is 0 Å². The molecule has 4 nitrogen and oxygen atoms in total. The molecule has 1 aromatic carbocycles. The monoisotopic (exact) mass is 353 g/mol. The minimum atomic E-state index is -0.913. The van der Waals surface area contributed by atoms with Gasteiger partial charge in [0.1, 0.15) is 0 Å². The van der Waals surface area contributed by atoms with E-state index in [0.717, 1.165) is 35.7 Å². The first-order chi connectivity index (χ1) is 10.1. The zero-order chi connectivity index (χ0) is 15.2. The van der Waals surface area contributed by atoms with E-state index in [1.54, 1.807) is 0 Å². The fourth-order valence-electron chi connectivity index (χ4n) is 2.80. The maximum Gasteiger partial charge on any atom is 0.305 e. The topological polar surface area (TPSA) is 66.4 Å². The van der Waals surface area contributed by atoms with Gasteiger partial charge in [0.25, 0.3) is 0 Å². The summed E-state index contributed by atoms with van der Waals surface area (Å²) >= 11 is 3.38. The van der Waals surface area contributed by atoms with Gasteiger partial charge in [-0.1, -0.05) is 47.3 Å². The average molecular weight is 354 g/mol. The van der Waals surface area contributed by atoms with Crippen LogP contribution < -0.4 is 5.32 Å². The van der Waals surface area contributed by atoms with Crippen LogP contribution in [0.5, 0.6) is 0 Å². The zero-order valence-electron chi connectivity index (χ0n) is 11.8. The van der Waals surface area contributed by atoms with Crippen molar-refractivity contribution in [3.05, 3.63) is 34.3 Å². The van der Waals surface area contributed by atoms with E-state index in [1.807, 2.05) is 24.3 Å². The van der Waals surface area contributed by atoms with Gasteiger partial charge < -0.3 is 10.4 Å². The molecule has 0 bridgehead atoms. The third-order valence-corrected chi connectivity index (χ3v) is 4.42. The lowest BCUT2D eigenvalue weighted by molar-refractivity contribution is -0.138. The number of hydrogen-bond donors (Lipinski definition) is 2. The molecule has 2 N–H and O–H groups in total. The predicted molar refractivity (Wildman–Crippen MR) is 83.9 cm³/mol. The number of halogens is 1. The highest BCUT2D eigenvalue weighted by Crippen LogP contribution is 2.26. The molecule has 5 heteroatoms. The quantitative estimate of drug-likeness (QED) is 0.848. The van der Waals surface area contributed by atoms with Gasteiger partial charge in [0.05, 0.1) is 12.5 Å². The number of amides is 1. The van der Waals surface area contributed by atoms with Gasteiger partial charge in [-0.3, -0.25) is 9.59 Å². The molecular weight excluding hydrogens is 334 g/mol. The van der Waals surface area contributed by atoms with Crippen LogP contribution in [0.1, 0.15) is 50.1 Å². The van der Waals surface area contributed by atoms with Crippen LogP contribution in [0.25, 0.3) is 0 Å². The summed E-state index contributed by atoms with van der Waals surface area (Å²) in [7, 11) is 0. The molecule has 1 amide bonds. The summed E-state index contributed by atoms with van der Waals surface area (Å²) in [6, 6.07) is 6.95. The summed E-state index contributed by atoms with van der Waals surface area (Å²) in [5.74, 6) is -0.896. The highest BCUT2D eigenvalue weighted by atomic mass is 79.9. The number of benzene rings is 1. The van der Waals surface area contributed by atoms with Gasteiger partial charge in [0.15, 0.2) is 0 Å². The van der Waals surface area contributed by atoms with Gasteiger partial charge in [0.2, 0.25) is 5.91 Å². The molecule has 1 aromatic rings. The van der Waals surface area contributed by atoms with Gasteiger partial charge in [-0.15, -0.1) is 0 Å².